The van der Waals surface area contributed by atoms with Crippen molar-refractivity contribution in [3.05, 3.63) is 65.9 Å². The first-order valence-electron chi connectivity index (χ1n) is 10.4. The maximum absolute atomic E-state index is 12.5. The highest BCUT2D eigenvalue weighted by Gasteiger charge is 2.22. The number of hydrogen-bond acceptors (Lipinski definition) is 3. The van der Waals surface area contributed by atoms with E-state index in [-0.39, 0.29) is 17.7 Å². The zero-order chi connectivity index (χ0) is 20.9. The standard InChI is InChI=1S/C24H27N3O3/c1-30-18-10-8-17(9-11-18)20(21-16-25-22-6-3-2-5-19(21)22)15-26-23(28)12-14-27-13-4-7-24(27)29/h2-3,5-6,8-11,16,20,25H,4,7,12-15H2,1H3,(H,26,28). The molecule has 1 aliphatic heterocycles. The molecule has 4 rings (SSSR count). The summed E-state index contributed by atoms with van der Waals surface area (Å²) in [5, 5.41) is 4.23. The molecule has 6 nitrogen and oxygen atoms in total. The van der Waals surface area contributed by atoms with Crippen molar-refractivity contribution in [2.45, 2.75) is 25.2 Å². The molecule has 3 aromatic rings. The van der Waals surface area contributed by atoms with Crippen molar-refractivity contribution >= 4 is 22.7 Å². The number of amides is 2. The Hall–Kier alpha value is -3.28. The smallest absolute Gasteiger partial charge is 0.222 e. The van der Waals surface area contributed by atoms with Gasteiger partial charge in [0.1, 0.15) is 5.75 Å². The van der Waals surface area contributed by atoms with Gasteiger partial charge in [0.05, 0.1) is 7.11 Å². The number of carbonyl (C=O) groups excluding carboxylic acids is 2. The highest BCUT2D eigenvalue weighted by atomic mass is 16.5. The predicted octanol–water partition coefficient (Wildman–Crippen LogP) is 3.44. The summed E-state index contributed by atoms with van der Waals surface area (Å²) >= 11 is 0. The van der Waals surface area contributed by atoms with Crippen LogP contribution in [0.15, 0.2) is 54.7 Å². The number of aromatic nitrogens is 1. The molecule has 0 aliphatic carbocycles. The molecule has 0 spiro atoms. The second-order valence-corrected chi connectivity index (χ2v) is 7.65. The molecule has 1 aromatic heterocycles. The van der Waals surface area contributed by atoms with Gasteiger partial charge in [-0.15, -0.1) is 0 Å². The van der Waals surface area contributed by atoms with E-state index in [2.05, 4.69) is 22.4 Å². The van der Waals surface area contributed by atoms with E-state index >= 15 is 0 Å². The van der Waals surface area contributed by atoms with Crippen LogP contribution in [-0.2, 0) is 9.59 Å². The van der Waals surface area contributed by atoms with Crippen LogP contribution in [0.1, 0.15) is 36.3 Å². The average Bonchev–Trinajstić information content (AvgIpc) is 3.39. The second kappa shape index (κ2) is 9.03. The Labute approximate surface area is 176 Å². The molecule has 2 amide bonds. The number of nitrogens with zero attached hydrogens (tertiary/aromatic N) is 1. The third kappa shape index (κ3) is 4.32. The third-order valence-electron chi connectivity index (χ3n) is 5.80. The number of carbonyl (C=O) groups is 2. The lowest BCUT2D eigenvalue weighted by atomic mass is 9.90. The summed E-state index contributed by atoms with van der Waals surface area (Å²) in [5.41, 5.74) is 3.33. The number of benzene rings is 2. The van der Waals surface area contributed by atoms with Crippen LogP contribution in [0.4, 0.5) is 0 Å². The fraction of sp³-hybridized carbons (Fsp3) is 0.333. The number of hydrogen-bond donors (Lipinski definition) is 2. The SMILES string of the molecule is COc1ccc(C(CNC(=O)CCN2CCCC2=O)c2c[nH]c3ccccc23)cc1. The molecule has 0 radical (unpaired) electrons. The van der Waals surface area contributed by atoms with Crippen LogP contribution in [0.2, 0.25) is 0 Å². The van der Waals surface area contributed by atoms with Gasteiger partial charge in [0.25, 0.3) is 0 Å². The monoisotopic (exact) mass is 405 g/mol. The van der Waals surface area contributed by atoms with Crippen molar-refractivity contribution in [3.63, 3.8) is 0 Å². The van der Waals surface area contributed by atoms with E-state index in [0.29, 0.717) is 25.9 Å². The van der Waals surface area contributed by atoms with Crippen LogP contribution >= 0.6 is 0 Å². The fourth-order valence-corrected chi connectivity index (χ4v) is 4.11. The number of nitrogens with one attached hydrogen (secondary N) is 2. The van der Waals surface area contributed by atoms with Gasteiger partial charge in [-0.1, -0.05) is 30.3 Å². The maximum atomic E-state index is 12.5. The van der Waals surface area contributed by atoms with E-state index in [4.69, 9.17) is 4.74 Å². The summed E-state index contributed by atoms with van der Waals surface area (Å²) < 4.78 is 5.29. The molecule has 1 unspecified atom stereocenters. The molecule has 2 aromatic carbocycles. The van der Waals surface area contributed by atoms with Crippen LogP contribution in [0.25, 0.3) is 10.9 Å². The van der Waals surface area contributed by atoms with Crippen LogP contribution in [0.5, 0.6) is 5.75 Å². The third-order valence-corrected chi connectivity index (χ3v) is 5.80. The average molecular weight is 405 g/mol. The van der Waals surface area contributed by atoms with Gasteiger partial charge in [0.2, 0.25) is 11.8 Å². The molecular formula is C24H27N3O3. The lowest BCUT2D eigenvalue weighted by Crippen LogP contribution is -2.33. The topological polar surface area (TPSA) is 74.4 Å². The molecule has 0 bridgehead atoms. The molecule has 30 heavy (non-hydrogen) atoms. The Morgan fingerprint density at radius 2 is 2.00 bits per heavy atom. The summed E-state index contributed by atoms with van der Waals surface area (Å²) in [4.78, 5) is 29.4. The second-order valence-electron chi connectivity index (χ2n) is 7.65. The summed E-state index contributed by atoms with van der Waals surface area (Å²) in [6.45, 7) is 1.74. The largest absolute Gasteiger partial charge is 0.497 e. The first kappa shape index (κ1) is 20.0. The van der Waals surface area contributed by atoms with Crippen LogP contribution < -0.4 is 10.1 Å². The normalized spacial score (nSPS) is 14.8. The van der Waals surface area contributed by atoms with Crippen LogP contribution in [-0.4, -0.2) is 48.4 Å². The Morgan fingerprint density at radius 1 is 1.20 bits per heavy atom. The van der Waals surface area contributed by atoms with Gasteiger partial charge in [-0.05, 0) is 35.7 Å². The molecule has 2 N–H and O–H groups in total. The number of likely N-dealkylation sites (tertiary alicyclic amines) is 1. The zero-order valence-electron chi connectivity index (χ0n) is 17.2. The molecule has 1 fully saturated rings. The lowest BCUT2D eigenvalue weighted by molar-refractivity contribution is -0.128. The Morgan fingerprint density at radius 3 is 2.73 bits per heavy atom. The summed E-state index contributed by atoms with van der Waals surface area (Å²) in [6, 6.07) is 16.1. The summed E-state index contributed by atoms with van der Waals surface area (Å²) in [7, 11) is 1.65. The summed E-state index contributed by atoms with van der Waals surface area (Å²) in [5.74, 6) is 0.922. The number of methoxy groups -OCH3 is 1. The highest BCUT2D eigenvalue weighted by molar-refractivity contribution is 5.84. The maximum Gasteiger partial charge on any atom is 0.222 e. The van der Waals surface area contributed by atoms with E-state index in [1.54, 1.807) is 12.0 Å². The van der Waals surface area contributed by atoms with E-state index in [1.807, 2.05) is 42.6 Å². The van der Waals surface area contributed by atoms with Gasteiger partial charge >= 0.3 is 0 Å². The number of aromatic amines is 1. The van der Waals surface area contributed by atoms with Crippen molar-refractivity contribution in [2.24, 2.45) is 0 Å². The minimum Gasteiger partial charge on any atom is -0.497 e. The molecule has 1 atom stereocenters. The van der Waals surface area contributed by atoms with Gasteiger partial charge in [-0.3, -0.25) is 9.59 Å². The zero-order valence-corrected chi connectivity index (χ0v) is 17.2. The highest BCUT2D eigenvalue weighted by Crippen LogP contribution is 2.31. The van der Waals surface area contributed by atoms with E-state index in [0.717, 1.165) is 40.7 Å². The van der Waals surface area contributed by atoms with Gasteiger partial charge in [-0.2, -0.15) is 0 Å². The lowest BCUT2D eigenvalue weighted by Gasteiger charge is -2.20. The number of para-hydroxylation sites is 1. The molecule has 2 heterocycles. The van der Waals surface area contributed by atoms with E-state index in [1.165, 1.54) is 0 Å². The van der Waals surface area contributed by atoms with Gasteiger partial charge < -0.3 is 19.9 Å². The Kier molecular flexibility index (Phi) is 6.02. The van der Waals surface area contributed by atoms with Crippen molar-refractivity contribution in [1.82, 2.24) is 15.2 Å². The van der Waals surface area contributed by atoms with Gasteiger partial charge in [0.15, 0.2) is 0 Å². The van der Waals surface area contributed by atoms with Crippen molar-refractivity contribution in [1.29, 1.82) is 0 Å². The number of H-pyrrole nitrogens is 1. The van der Waals surface area contributed by atoms with Gasteiger partial charge in [-0.25, -0.2) is 0 Å². The number of rotatable bonds is 8. The molecule has 1 aliphatic rings. The number of fused-ring (bicyclic) bond motifs is 1. The Bertz CT molecular complexity index is 1030. The minimum absolute atomic E-state index is 0.00410. The summed E-state index contributed by atoms with van der Waals surface area (Å²) in [6.07, 6.45) is 3.84. The number of ether oxygens (including phenoxy) is 1. The van der Waals surface area contributed by atoms with Crippen LogP contribution in [0.3, 0.4) is 0 Å². The molecule has 6 heteroatoms. The van der Waals surface area contributed by atoms with Crippen molar-refractivity contribution in [2.75, 3.05) is 26.7 Å². The quantitative estimate of drug-likeness (QED) is 0.603. The Balaban J connectivity index is 1.50. The van der Waals surface area contributed by atoms with Crippen molar-refractivity contribution in [3.8, 4) is 5.75 Å². The molecule has 1 saturated heterocycles. The van der Waals surface area contributed by atoms with Gasteiger partial charge in [0, 0.05) is 55.5 Å². The molecule has 0 saturated carbocycles. The molecule has 156 valence electrons. The fourth-order valence-electron chi connectivity index (χ4n) is 4.11. The first-order valence-corrected chi connectivity index (χ1v) is 10.4. The molecular weight excluding hydrogens is 378 g/mol. The minimum atomic E-state index is -0.0342. The van der Waals surface area contributed by atoms with E-state index in [9.17, 15) is 9.59 Å². The van der Waals surface area contributed by atoms with Crippen molar-refractivity contribution < 1.29 is 14.3 Å². The van der Waals surface area contributed by atoms with E-state index < -0.39 is 0 Å². The predicted molar refractivity (Wildman–Crippen MR) is 117 cm³/mol. The first-order chi connectivity index (χ1) is 14.7. The van der Waals surface area contributed by atoms with Crippen LogP contribution in [0, 0.1) is 0 Å².